The Morgan fingerprint density at radius 2 is 1.93 bits per heavy atom. The molecular formula is C19H24Cl2N4O4. The molecule has 0 radical (unpaired) electrons. The fourth-order valence-corrected chi connectivity index (χ4v) is 3.14. The number of nitro groups is 1. The Kier molecular flexibility index (Phi) is 8.40. The maximum Gasteiger partial charge on any atom is 0.281 e. The van der Waals surface area contributed by atoms with Crippen LogP contribution in [0.3, 0.4) is 0 Å². The molecule has 0 bridgehead atoms. The van der Waals surface area contributed by atoms with Gasteiger partial charge in [-0.3, -0.25) is 10.1 Å². The van der Waals surface area contributed by atoms with Crippen LogP contribution in [-0.4, -0.2) is 54.1 Å². The summed E-state index contributed by atoms with van der Waals surface area (Å²) < 4.78 is 5.26. The van der Waals surface area contributed by atoms with Crippen molar-refractivity contribution in [3.63, 3.8) is 0 Å². The monoisotopic (exact) mass is 442 g/mol. The predicted molar refractivity (Wildman–Crippen MR) is 112 cm³/mol. The summed E-state index contributed by atoms with van der Waals surface area (Å²) in [5.41, 5.74) is 1.81. The maximum atomic E-state index is 11.6. The first-order valence-electron chi connectivity index (χ1n) is 8.65. The summed E-state index contributed by atoms with van der Waals surface area (Å²) in [5.74, 6) is 0.484. The third kappa shape index (κ3) is 5.36. The molecule has 0 fully saturated rings. The van der Waals surface area contributed by atoms with Crippen LogP contribution >= 0.6 is 12.4 Å². The first-order chi connectivity index (χ1) is 12.8. The van der Waals surface area contributed by atoms with Gasteiger partial charge in [0.25, 0.3) is 5.69 Å². The van der Waals surface area contributed by atoms with Gasteiger partial charge >= 0.3 is 0 Å². The molecule has 3 aromatic rings. The summed E-state index contributed by atoms with van der Waals surface area (Å²) in [5, 5.41) is 26.0. The van der Waals surface area contributed by atoms with E-state index in [1.54, 1.807) is 20.2 Å². The van der Waals surface area contributed by atoms with Gasteiger partial charge in [-0.1, -0.05) is 18.2 Å². The van der Waals surface area contributed by atoms with Crippen molar-refractivity contribution in [2.45, 2.75) is 6.42 Å². The molecule has 0 aliphatic heterocycles. The summed E-state index contributed by atoms with van der Waals surface area (Å²) in [7, 11) is 4.92. The molecular weight excluding hydrogens is 419 g/mol. The molecule has 2 aromatic carbocycles. The van der Waals surface area contributed by atoms with Crippen LogP contribution in [0.25, 0.3) is 21.8 Å². The molecule has 0 aliphatic carbocycles. The topological polar surface area (TPSA) is 97.5 Å². The van der Waals surface area contributed by atoms with Gasteiger partial charge < -0.3 is 22.5 Å². The third-order valence-corrected chi connectivity index (χ3v) is 4.38. The molecule has 29 heavy (non-hydrogen) atoms. The number of methoxy groups -OCH3 is 1. The number of hydrogen-bond acceptors (Lipinski definition) is 6. The number of halogens is 2. The van der Waals surface area contributed by atoms with Crippen LogP contribution in [0.5, 0.6) is 5.75 Å². The molecule has 0 saturated heterocycles. The normalized spacial score (nSPS) is 10.9. The van der Waals surface area contributed by atoms with Crippen LogP contribution in [0, 0.1) is 10.1 Å². The van der Waals surface area contributed by atoms with E-state index >= 15 is 0 Å². The lowest BCUT2D eigenvalue weighted by molar-refractivity contribution is -1.07. The van der Waals surface area contributed by atoms with Crippen molar-refractivity contribution >= 4 is 45.6 Å². The van der Waals surface area contributed by atoms with Crippen molar-refractivity contribution in [3.05, 3.63) is 46.5 Å². The van der Waals surface area contributed by atoms with Gasteiger partial charge in [0.2, 0.25) is 0 Å². The summed E-state index contributed by atoms with van der Waals surface area (Å²) in [6.45, 7) is 1.11. The van der Waals surface area contributed by atoms with Gasteiger partial charge in [0.1, 0.15) is 23.2 Å². The number of nitrogens with one attached hydrogen (secondary N) is 1. The highest BCUT2D eigenvalue weighted by molar-refractivity contribution is 6.12. The lowest BCUT2D eigenvalue weighted by atomic mass is 10.1. The van der Waals surface area contributed by atoms with E-state index in [2.05, 4.69) is 10.3 Å². The first kappa shape index (κ1) is 24.6. The summed E-state index contributed by atoms with van der Waals surface area (Å²) >= 11 is 0. The molecule has 0 saturated carbocycles. The highest BCUT2D eigenvalue weighted by Crippen LogP contribution is 2.40. The van der Waals surface area contributed by atoms with Gasteiger partial charge in [-0.05, 0) is 12.1 Å². The number of quaternary nitrogens is 1. The van der Waals surface area contributed by atoms with Crippen molar-refractivity contribution in [2.75, 3.05) is 39.6 Å². The van der Waals surface area contributed by atoms with Gasteiger partial charge in [-0.25, -0.2) is 10.2 Å². The smallest absolute Gasteiger partial charge is 0.281 e. The molecule has 158 valence electrons. The molecule has 0 atom stereocenters. The number of non-ortho nitro benzene ring substituents is 1. The van der Waals surface area contributed by atoms with E-state index in [-0.39, 0.29) is 35.1 Å². The second-order valence-corrected chi connectivity index (χ2v) is 6.90. The number of hydrogen-bond donors (Lipinski definition) is 2. The Morgan fingerprint density at radius 3 is 2.55 bits per heavy atom. The lowest BCUT2D eigenvalue weighted by Crippen LogP contribution is -3.00. The largest absolute Gasteiger partial charge is 1.00 e. The maximum absolute atomic E-state index is 11.6. The number of anilines is 1. The number of fused-ring (bicyclic) bond motifs is 2. The number of benzene rings is 2. The van der Waals surface area contributed by atoms with Crippen molar-refractivity contribution in [2.24, 2.45) is 0 Å². The number of rotatable bonds is 7. The number of nitro benzene ring substituents is 1. The summed E-state index contributed by atoms with van der Waals surface area (Å²) in [6, 6.07) is 10.5. The molecule has 0 amide bonds. The van der Waals surface area contributed by atoms with E-state index in [0.717, 1.165) is 10.9 Å². The molecule has 0 unspecified atom stereocenters. The SMILES string of the molecule is COc1ccc([N+](=O)[O-])c2c(NCCC[N+](C)(C)O)c3ccccc3nc12.Cl.[Cl-]. The Bertz CT molecular complexity index is 1010. The van der Waals surface area contributed by atoms with E-state index in [1.807, 2.05) is 24.3 Å². The minimum absolute atomic E-state index is 0. The Morgan fingerprint density at radius 1 is 1.24 bits per heavy atom. The first-order valence-corrected chi connectivity index (χ1v) is 8.65. The van der Waals surface area contributed by atoms with Crippen LogP contribution in [-0.2, 0) is 0 Å². The standard InChI is InChI=1S/C19H23N4O4.2ClH/c1-23(2,26)12-6-11-20-18-13-7-4-5-8-14(13)21-19-16(27-3)10-9-15(17(18)19)22(24)25;;/h4-5,7-10,26H,6,11-12H2,1-3H3,(H,20,21);2*1H/q+1;;/p-1. The number of hydroxylamine groups is 3. The van der Waals surface area contributed by atoms with Crippen LogP contribution in [0.2, 0.25) is 0 Å². The van der Waals surface area contributed by atoms with Crippen LogP contribution in [0.15, 0.2) is 36.4 Å². The van der Waals surface area contributed by atoms with E-state index < -0.39 is 4.92 Å². The van der Waals surface area contributed by atoms with Gasteiger partial charge in [-0.2, -0.15) is 4.65 Å². The van der Waals surface area contributed by atoms with Crippen molar-refractivity contribution < 1.29 is 31.9 Å². The average molecular weight is 443 g/mol. The highest BCUT2D eigenvalue weighted by Gasteiger charge is 2.22. The number of ether oxygens (including phenoxy) is 1. The molecule has 8 nitrogen and oxygen atoms in total. The summed E-state index contributed by atoms with van der Waals surface area (Å²) in [6.07, 6.45) is 0.694. The third-order valence-electron chi connectivity index (χ3n) is 4.38. The number of nitrogens with zero attached hydrogens (tertiary/aromatic N) is 3. The van der Waals surface area contributed by atoms with E-state index in [9.17, 15) is 15.3 Å². The second-order valence-electron chi connectivity index (χ2n) is 6.90. The van der Waals surface area contributed by atoms with Crippen LogP contribution in [0.4, 0.5) is 11.4 Å². The van der Waals surface area contributed by atoms with Gasteiger partial charge in [0.05, 0.1) is 37.3 Å². The van der Waals surface area contributed by atoms with Crippen molar-refractivity contribution in [3.8, 4) is 5.75 Å². The zero-order chi connectivity index (χ0) is 19.6. The molecule has 10 heteroatoms. The Labute approximate surface area is 181 Å². The number of pyridine rings is 1. The molecule has 0 spiro atoms. The molecule has 0 aliphatic rings. The van der Waals surface area contributed by atoms with E-state index in [1.165, 1.54) is 13.2 Å². The van der Waals surface area contributed by atoms with E-state index in [4.69, 9.17) is 4.74 Å². The zero-order valence-corrected chi connectivity index (χ0v) is 18.0. The van der Waals surface area contributed by atoms with Crippen molar-refractivity contribution in [1.82, 2.24) is 4.98 Å². The highest BCUT2D eigenvalue weighted by atomic mass is 35.5. The fraction of sp³-hybridized carbons (Fsp3) is 0.316. The fourth-order valence-electron chi connectivity index (χ4n) is 3.14. The summed E-state index contributed by atoms with van der Waals surface area (Å²) in [4.78, 5) is 15.8. The van der Waals surface area contributed by atoms with Crippen LogP contribution in [0.1, 0.15) is 6.42 Å². The molecule has 3 rings (SSSR count). The zero-order valence-electron chi connectivity index (χ0n) is 16.4. The average Bonchev–Trinajstić information content (AvgIpc) is 2.62. The molecule has 1 aromatic heterocycles. The van der Waals surface area contributed by atoms with Gasteiger partial charge in [0.15, 0.2) is 0 Å². The van der Waals surface area contributed by atoms with Gasteiger partial charge in [-0.15, -0.1) is 12.4 Å². The molecule has 1 heterocycles. The van der Waals surface area contributed by atoms with Gasteiger partial charge in [0, 0.05) is 24.4 Å². The Hall–Kier alpha value is -2.39. The predicted octanol–water partition coefficient (Wildman–Crippen LogP) is 0.998. The quantitative estimate of drug-likeness (QED) is 0.186. The number of para-hydroxylation sites is 1. The van der Waals surface area contributed by atoms with E-state index in [0.29, 0.717) is 41.9 Å². The Balaban J connectivity index is 0.00000210. The lowest BCUT2D eigenvalue weighted by Gasteiger charge is -2.20. The van der Waals surface area contributed by atoms with Crippen LogP contribution < -0.4 is 22.5 Å². The second kappa shape index (κ2) is 9.89. The number of aromatic nitrogens is 1. The minimum atomic E-state index is -0.406. The van der Waals surface area contributed by atoms with Crippen molar-refractivity contribution in [1.29, 1.82) is 0 Å². The molecule has 2 N–H and O–H groups in total. The minimum Gasteiger partial charge on any atom is -1.00 e.